The second-order valence-corrected chi connectivity index (χ2v) is 4.54. The third-order valence-electron chi connectivity index (χ3n) is 1.94. The molecule has 10 heteroatoms. The van der Waals surface area contributed by atoms with Gasteiger partial charge in [0, 0.05) is 0 Å². The molecule has 0 heterocycles. The van der Waals surface area contributed by atoms with Gasteiger partial charge in [0.2, 0.25) is 0 Å². The van der Waals surface area contributed by atoms with E-state index in [1.54, 1.807) is 20.4 Å². The molecule has 0 atom stereocenters. The van der Waals surface area contributed by atoms with Crippen LogP contribution in [0.5, 0.6) is 11.5 Å². The summed E-state index contributed by atoms with van der Waals surface area (Å²) in [4.78, 5) is 21.6. The van der Waals surface area contributed by atoms with Gasteiger partial charge in [-0.1, -0.05) is 0 Å². The lowest BCUT2D eigenvalue weighted by Gasteiger charge is -2.07. The van der Waals surface area contributed by atoms with Crippen LogP contribution in [0.1, 0.15) is 5.56 Å². The van der Waals surface area contributed by atoms with Crippen LogP contribution in [0.3, 0.4) is 0 Å². The van der Waals surface area contributed by atoms with Crippen molar-refractivity contribution in [3.8, 4) is 11.5 Å². The second-order valence-electron chi connectivity index (χ2n) is 3.52. The van der Waals surface area contributed by atoms with Crippen LogP contribution in [0.15, 0.2) is 23.3 Å². The van der Waals surface area contributed by atoms with Crippen molar-refractivity contribution < 1.29 is 33.8 Å². The van der Waals surface area contributed by atoms with E-state index in [0.717, 1.165) is 5.56 Å². The first-order valence-electron chi connectivity index (χ1n) is 5.69. The average molecular weight is 322 g/mol. The Kier molecular flexibility index (Phi) is 9.35. The Balaban J connectivity index is 0.000000690. The molecule has 0 radical (unpaired) electrons. The van der Waals surface area contributed by atoms with Gasteiger partial charge in [-0.25, -0.2) is 4.57 Å². The minimum atomic E-state index is -4.64. The first-order valence-corrected chi connectivity index (χ1v) is 7.25. The molecule has 0 amide bonds. The first-order chi connectivity index (χ1) is 9.81. The lowest BCUT2D eigenvalue weighted by atomic mass is 10.2. The number of methoxy groups -OCH3 is 2. The molecular weight excluding hydrogens is 303 g/mol. The van der Waals surface area contributed by atoms with Gasteiger partial charge >= 0.3 is 7.82 Å². The summed E-state index contributed by atoms with van der Waals surface area (Å²) >= 11 is 0. The van der Waals surface area contributed by atoms with Crippen LogP contribution in [-0.4, -0.2) is 53.4 Å². The maximum atomic E-state index is 8.88. The number of nitrogens with zero attached hydrogens (tertiary/aromatic N) is 1. The van der Waals surface area contributed by atoms with Gasteiger partial charge < -0.3 is 34.7 Å². The molecule has 0 saturated carbocycles. The molecule has 1 rings (SSSR count). The third-order valence-corrected chi connectivity index (χ3v) is 1.94. The smallest absolute Gasteiger partial charge is 0.466 e. The molecule has 0 spiro atoms. The SMILES string of the molecule is COc1ccc(/C=N/NCCO)cc1OC.O=P(O)(O)O. The van der Waals surface area contributed by atoms with E-state index in [9.17, 15) is 0 Å². The van der Waals surface area contributed by atoms with E-state index in [0.29, 0.717) is 18.0 Å². The maximum Gasteiger partial charge on any atom is 0.466 e. The van der Waals surface area contributed by atoms with E-state index in [-0.39, 0.29) is 6.61 Å². The first kappa shape index (κ1) is 19.4. The molecule has 0 fully saturated rings. The number of benzene rings is 1. The third kappa shape index (κ3) is 10.8. The number of aliphatic hydroxyl groups excluding tert-OH is 1. The molecule has 0 aliphatic carbocycles. The number of phosphoric acid groups is 1. The van der Waals surface area contributed by atoms with Crippen molar-refractivity contribution in [2.24, 2.45) is 5.10 Å². The van der Waals surface area contributed by atoms with Crippen LogP contribution in [0, 0.1) is 0 Å². The van der Waals surface area contributed by atoms with Gasteiger partial charge in [-0.3, -0.25) is 0 Å². The second kappa shape index (κ2) is 10.1. The molecule has 0 aliphatic heterocycles. The van der Waals surface area contributed by atoms with Crippen molar-refractivity contribution in [2.75, 3.05) is 27.4 Å². The van der Waals surface area contributed by atoms with Crippen LogP contribution in [0.4, 0.5) is 0 Å². The summed E-state index contributed by atoms with van der Waals surface area (Å²) in [7, 11) is -1.46. The van der Waals surface area contributed by atoms with Crippen molar-refractivity contribution >= 4 is 14.0 Å². The van der Waals surface area contributed by atoms with E-state index in [4.69, 9.17) is 33.8 Å². The zero-order valence-corrected chi connectivity index (χ0v) is 12.5. The van der Waals surface area contributed by atoms with E-state index >= 15 is 0 Å². The molecule has 1 aromatic rings. The monoisotopic (exact) mass is 322 g/mol. The largest absolute Gasteiger partial charge is 0.493 e. The molecule has 0 aromatic heterocycles. The zero-order valence-electron chi connectivity index (χ0n) is 11.6. The van der Waals surface area contributed by atoms with Gasteiger partial charge in [-0.2, -0.15) is 5.10 Å². The van der Waals surface area contributed by atoms with Crippen molar-refractivity contribution in [3.05, 3.63) is 23.8 Å². The van der Waals surface area contributed by atoms with E-state index in [1.165, 1.54) is 0 Å². The summed E-state index contributed by atoms with van der Waals surface area (Å²) < 4.78 is 19.2. The summed E-state index contributed by atoms with van der Waals surface area (Å²) in [5, 5.41) is 12.5. The Labute approximate surface area is 122 Å². The van der Waals surface area contributed by atoms with Crippen molar-refractivity contribution in [1.82, 2.24) is 5.43 Å². The highest BCUT2D eigenvalue weighted by molar-refractivity contribution is 7.45. The van der Waals surface area contributed by atoms with Gasteiger partial charge in [0.1, 0.15) is 0 Å². The van der Waals surface area contributed by atoms with Crippen molar-refractivity contribution in [2.45, 2.75) is 0 Å². The topological polar surface area (TPSA) is 141 Å². The zero-order chi connectivity index (χ0) is 16.3. The van der Waals surface area contributed by atoms with Crippen LogP contribution < -0.4 is 14.9 Å². The lowest BCUT2D eigenvalue weighted by molar-refractivity contribution is 0.275. The number of nitrogens with one attached hydrogen (secondary N) is 1. The minimum Gasteiger partial charge on any atom is -0.493 e. The molecule has 0 bridgehead atoms. The van der Waals surface area contributed by atoms with E-state index in [2.05, 4.69) is 10.5 Å². The number of aliphatic hydroxyl groups is 1. The molecule has 120 valence electrons. The molecule has 9 nitrogen and oxygen atoms in total. The van der Waals surface area contributed by atoms with Gasteiger partial charge in [-0.05, 0) is 23.8 Å². The normalized spacial score (nSPS) is 10.8. The number of rotatable bonds is 6. The highest BCUT2D eigenvalue weighted by Gasteiger charge is 2.02. The summed E-state index contributed by atoms with van der Waals surface area (Å²) in [5.41, 5.74) is 3.59. The number of ether oxygens (including phenoxy) is 2. The number of hydrogen-bond donors (Lipinski definition) is 5. The Morgan fingerprint density at radius 2 is 1.81 bits per heavy atom. The van der Waals surface area contributed by atoms with Crippen LogP contribution in [0.2, 0.25) is 0 Å². The maximum absolute atomic E-state index is 8.88. The van der Waals surface area contributed by atoms with Crippen molar-refractivity contribution in [1.29, 1.82) is 0 Å². The standard InChI is InChI=1S/C11H16N2O3.H3O4P/c1-15-10-4-3-9(7-11(10)16-2)8-13-12-5-6-14;1-5(2,3)4/h3-4,7-8,12,14H,5-6H2,1-2H3;(H3,1,2,3,4)/b13-8+;. The Hall–Kier alpha value is -1.64. The fourth-order valence-corrected chi connectivity index (χ4v) is 1.17. The predicted octanol–water partition coefficient (Wildman–Crippen LogP) is -0.309. The quantitative estimate of drug-likeness (QED) is 0.208. The fourth-order valence-electron chi connectivity index (χ4n) is 1.17. The van der Waals surface area contributed by atoms with Gasteiger partial charge in [0.25, 0.3) is 0 Å². The van der Waals surface area contributed by atoms with Gasteiger partial charge in [-0.15, -0.1) is 0 Å². The summed E-state index contributed by atoms with van der Waals surface area (Å²) in [6.45, 7) is 0.493. The van der Waals surface area contributed by atoms with Crippen molar-refractivity contribution in [3.63, 3.8) is 0 Å². The summed E-state index contributed by atoms with van der Waals surface area (Å²) in [6.07, 6.45) is 1.65. The highest BCUT2D eigenvalue weighted by Crippen LogP contribution is 2.27. The Morgan fingerprint density at radius 1 is 1.24 bits per heavy atom. The van der Waals surface area contributed by atoms with E-state index in [1.807, 2.05) is 18.2 Å². The van der Waals surface area contributed by atoms with Crippen LogP contribution >= 0.6 is 7.82 Å². The molecule has 1 aromatic carbocycles. The minimum absolute atomic E-state index is 0.0588. The molecule has 0 saturated heterocycles. The summed E-state index contributed by atoms with van der Waals surface area (Å²) in [5.74, 6) is 1.34. The molecule has 0 aliphatic rings. The highest BCUT2D eigenvalue weighted by atomic mass is 31.2. The summed E-state index contributed by atoms with van der Waals surface area (Å²) in [6, 6.07) is 5.50. The molecular formula is C11H19N2O7P. The Bertz CT molecular complexity index is 481. The average Bonchev–Trinajstić information content (AvgIpc) is 2.41. The van der Waals surface area contributed by atoms with E-state index < -0.39 is 7.82 Å². The Morgan fingerprint density at radius 3 is 2.29 bits per heavy atom. The van der Waals surface area contributed by atoms with Crippen LogP contribution in [0.25, 0.3) is 0 Å². The molecule has 0 unspecified atom stereocenters. The van der Waals surface area contributed by atoms with Gasteiger partial charge in [0.05, 0.1) is 33.6 Å². The molecule has 21 heavy (non-hydrogen) atoms. The van der Waals surface area contributed by atoms with Crippen LogP contribution in [-0.2, 0) is 4.57 Å². The molecule has 5 N–H and O–H groups in total. The fraction of sp³-hybridized carbons (Fsp3) is 0.364. The number of hydrazone groups is 1. The lowest BCUT2D eigenvalue weighted by Crippen LogP contribution is -2.11. The number of hydrogen-bond acceptors (Lipinski definition) is 6. The van der Waals surface area contributed by atoms with Gasteiger partial charge in [0.15, 0.2) is 11.5 Å². The predicted molar refractivity (Wildman–Crippen MR) is 76.5 cm³/mol.